The lowest BCUT2D eigenvalue weighted by Crippen LogP contribution is -2.29. The van der Waals surface area contributed by atoms with E-state index in [4.69, 9.17) is 10.5 Å². The van der Waals surface area contributed by atoms with Gasteiger partial charge in [0.25, 0.3) is 0 Å². The van der Waals surface area contributed by atoms with Gasteiger partial charge in [-0.2, -0.15) is 10.4 Å². The molecule has 0 saturated heterocycles. The summed E-state index contributed by atoms with van der Waals surface area (Å²) in [5.41, 5.74) is 8.62. The van der Waals surface area contributed by atoms with Crippen molar-refractivity contribution in [3.8, 4) is 6.07 Å². The number of aromatic nitrogens is 2. The monoisotopic (exact) mass is 298 g/mol. The van der Waals surface area contributed by atoms with Crippen molar-refractivity contribution < 1.29 is 9.53 Å². The van der Waals surface area contributed by atoms with E-state index >= 15 is 0 Å². The normalized spacial score (nSPS) is 21.5. The average molecular weight is 298 g/mol. The second kappa shape index (κ2) is 5.34. The Kier molecular flexibility index (Phi) is 3.49. The number of carbonyl (C=O) groups excluding carboxylic acids is 1. The summed E-state index contributed by atoms with van der Waals surface area (Å²) in [5, 5.41) is 13.9. The molecule has 1 aliphatic heterocycles. The van der Waals surface area contributed by atoms with Crippen molar-refractivity contribution in [2.75, 3.05) is 0 Å². The van der Waals surface area contributed by atoms with Crippen molar-refractivity contribution >= 4 is 5.78 Å². The third-order valence-corrected chi connectivity index (χ3v) is 4.25. The lowest BCUT2D eigenvalue weighted by atomic mass is 9.78. The summed E-state index contributed by atoms with van der Waals surface area (Å²) < 4.78 is 7.39. The van der Waals surface area contributed by atoms with Crippen LogP contribution in [-0.4, -0.2) is 15.6 Å². The number of carbonyl (C=O) groups is 1. The first-order valence-corrected chi connectivity index (χ1v) is 7.44. The molecule has 1 aromatic rings. The highest BCUT2D eigenvalue weighted by atomic mass is 16.5. The number of Topliss-reactive ketones (excluding diaryl/α,β-unsaturated/α-hetero) is 1. The molecule has 0 amide bonds. The number of aryl methyl sites for hydroxylation is 2. The number of rotatable bonds is 2. The summed E-state index contributed by atoms with van der Waals surface area (Å²) in [6, 6.07) is 2.13. The molecule has 2 heterocycles. The summed E-state index contributed by atoms with van der Waals surface area (Å²) in [5.74, 6) is 0.281. The molecule has 2 N–H and O–H groups in total. The quantitative estimate of drug-likeness (QED) is 0.901. The van der Waals surface area contributed by atoms with Gasteiger partial charge in [-0.05, 0) is 25.8 Å². The lowest BCUT2D eigenvalue weighted by molar-refractivity contribution is -0.116. The molecule has 1 aliphatic carbocycles. The average Bonchev–Trinajstić information content (AvgIpc) is 2.86. The predicted octanol–water partition coefficient (Wildman–Crippen LogP) is 2.03. The van der Waals surface area contributed by atoms with Crippen LogP contribution < -0.4 is 5.73 Å². The van der Waals surface area contributed by atoms with E-state index in [0.717, 1.165) is 17.7 Å². The molecule has 1 atom stereocenters. The fourth-order valence-corrected chi connectivity index (χ4v) is 3.25. The third kappa shape index (κ3) is 2.01. The van der Waals surface area contributed by atoms with Crippen LogP contribution in [0, 0.1) is 18.3 Å². The van der Waals surface area contributed by atoms with Crippen molar-refractivity contribution in [2.24, 2.45) is 5.73 Å². The third-order valence-electron chi connectivity index (χ3n) is 4.25. The van der Waals surface area contributed by atoms with Gasteiger partial charge in [0.05, 0.1) is 17.8 Å². The largest absolute Gasteiger partial charge is 0.444 e. The predicted molar refractivity (Wildman–Crippen MR) is 79.2 cm³/mol. The fraction of sp³-hybridized carbons (Fsp3) is 0.438. The maximum absolute atomic E-state index is 12.5. The molecule has 6 heteroatoms. The molecule has 3 rings (SSSR count). The minimum atomic E-state index is -0.469. The van der Waals surface area contributed by atoms with Crippen LogP contribution in [-0.2, 0) is 16.1 Å². The van der Waals surface area contributed by atoms with Crippen molar-refractivity contribution in [3.05, 3.63) is 40.2 Å². The Morgan fingerprint density at radius 2 is 2.32 bits per heavy atom. The minimum Gasteiger partial charge on any atom is -0.444 e. The standard InChI is InChI=1S/C16H18N4O2/c1-3-20-15(9(2)8-19-20)13-10(7-17)16(18)22-12-6-4-5-11(21)14(12)13/h8,13H,3-6,18H2,1-2H3/t13-/m0/s1. The van der Waals surface area contributed by atoms with Crippen LogP contribution in [0.2, 0.25) is 0 Å². The van der Waals surface area contributed by atoms with E-state index < -0.39 is 5.92 Å². The fourth-order valence-electron chi connectivity index (χ4n) is 3.25. The smallest absolute Gasteiger partial charge is 0.205 e. The lowest BCUT2D eigenvalue weighted by Gasteiger charge is -2.31. The number of allylic oxidation sites excluding steroid dienone is 3. The Hall–Kier alpha value is -2.55. The zero-order valence-electron chi connectivity index (χ0n) is 12.7. The first-order chi connectivity index (χ1) is 10.6. The Morgan fingerprint density at radius 1 is 1.55 bits per heavy atom. The Bertz CT molecular complexity index is 749. The molecule has 114 valence electrons. The first-order valence-electron chi connectivity index (χ1n) is 7.44. The topological polar surface area (TPSA) is 93.9 Å². The molecule has 0 spiro atoms. The number of hydrogen-bond acceptors (Lipinski definition) is 5. The van der Waals surface area contributed by atoms with E-state index in [1.54, 1.807) is 6.20 Å². The maximum atomic E-state index is 12.5. The van der Waals surface area contributed by atoms with Crippen LogP contribution >= 0.6 is 0 Å². The van der Waals surface area contributed by atoms with Crippen molar-refractivity contribution in [1.82, 2.24) is 9.78 Å². The van der Waals surface area contributed by atoms with Gasteiger partial charge in [0, 0.05) is 25.0 Å². The van der Waals surface area contributed by atoms with Gasteiger partial charge in [-0.1, -0.05) is 0 Å². The van der Waals surface area contributed by atoms with Gasteiger partial charge in [0.15, 0.2) is 5.78 Å². The Labute approximate surface area is 128 Å². The summed E-state index contributed by atoms with van der Waals surface area (Å²) in [7, 11) is 0. The zero-order chi connectivity index (χ0) is 15.9. The van der Waals surface area contributed by atoms with E-state index in [0.29, 0.717) is 36.3 Å². The highest BCUT2D eigenvalue weighted by Gasteiger charge is 2.40. The zero-order valence-corrected chi connectivity index (χ0v) is 12.7. The van der Waals surface area contributed by atoms with Crippen LogP contribution in [0.25, 0.3) is 0 Å². The van der Waals surface area contributed by atoms with Gasteiger partial charge < -0.3 is 10.5 Å². The SMILES string of the molecule is CCn1ncc(C)c1[C@H]1C(C#N)=C(N)OC2=C1C(=O)CCC2. The maximum Gasteiger partial charge on any atom is 0.205 e. The van der Waals surface area contributed by atoms with Gasteiger partial charge in [0.1, 0.15) is 17.4 Å². The van der Waals surface area contributed by atoms with Crippen LogP contribution in [0.4, 0.5) is 0 Å². The van der Waals surface area contributed by atoms with Crippen molar-refractivity contribution in [1.29, 1.82) is 5.26 Å². The first kappa shape index (κ1) is 14.4. The number of nitrogens with two attached hydrogens (primary N) is 1. The molecule has 0 bridgehead atoms. The highest BCUT2D eigenvalue weighted by molar-refractivity contribution is 5.99. The van der Waals surface area contributed by atoms with Gasteiger partial charge >= 0.3 is 0 Å². The molecule has 6 nitrogen and oxygen atoms in total. The molecule has 0 fully saturated rings. The second-order valence-electron chi connectivity index (χ2n) is 5.57. The van der Waals surface area contributed by atoms with E-state index in [1.165, 1.54) is 0 Å². The number of ether oxygens (including phenoxy) is 1. The summed E-state index contributed by atoms with van der Waals surface area (Å²) in [6.07, 6.45) is 3.67. The summed E-state index contributed by atoms with van der Waals surface area (Å²) in [4.78, 5) is 12.5. The summed E-state index contributed by atoms with van der Waals surface area (Å²) in [6.45, 7) is 4.57. The molecule has 22 heavy (non-hydrogen) atoms. The van der Waals surface area contributed by atoms with Crippen LogP contribution in [0.5, 0.6) is 0 Å². The number of nitriles is 1. The molecule has 0 saturated carbocycles. The van der Waals surface area contributed by atoms with Crippen molar-refractivity contribution in [3.63, 3.8) is 0 Å². The Balaban J connectivity index is 2.25. The molecule has 0 radical (unpaired) electrons. The van der Waals surface area contributed by atoms with Gasteiger partial charge in [-0.25, -0.2) is 0 Å². The molecule has 0 unspecified atom stereocenters. The molecular formula is C16H18N4O2. The Morgan fingerprint density at radius 3 is 3.00 bits per heavy atom. The number of nitrogens with zero attached hydrogens (tertiary/aromatic N) is 3. The van der Waals surface area contributed by atoms with E-state index in [1.807, 2.05) is 18.5 Å². The van der Waals surface area contributed by atoms with Gasteiger partial charge in [-0.3, -0.25) is 9.48 Å². The molecule has 0 aromatic carbocycles. The second-order valence-corrected chi connectivity index (χ2v) is 5.57. The van der Waals surface area contributed by atoms with E-state index in [9.17, 15) is 10.1 Å². The minimum absolute atomic E-state index is 0.0368. The van der Waals surface area contributed by atoms with Gasteiger partial charge in [-0.15, -0.1) is 0 Å². The van der Waals surface area contributed by atoms with Crippen LogP contribution in [0.3, 0.4) is 0 Å². The summed E-state index contributed by atoms with van der Waals surface area (Å²) >= 11 is 0. The van der Waals surface area contributed by atoms with E-state index in [-0.39, 0.29) is 11.7 Å². The molecule has 1 aromatic heterocycles. The number of hydrogen-bond donors (Lipinski definition) is 1. The van der Waals surface area contributed by atoms with Gasteiger partial charge in [0.2, 0.25) is 5.88 Å². The number of ketones is 1. The molecular weight excluding hydrogens is 280 g/mol. The van der Waals surface area contributed by atoms with E-state index in [2.05, 4.69) is 11.2 Å². The van der Waals surface area contributed by atoms with Crippen molar-refractivity contribution in [2.45, 2.75) is 45.6 Å². The molecule has 2 aliphatic rings. The van der Waals surface area contributed by atoms with Crippen LogP contribution in [0.15, 0.2) is 29.0 Å². The van der Waals surface area contributed by atoms with Crippen LogP contribution in [0.1, 0.15) is 43.4 Å². The highest BCUT2D eigenvalue weighted by Crippen LogP contribution is 2.44.